The summed E-state index contributed by atoms with van der Waals surface area (Å²) in [4.78, 5) is 11.6. The highest BCUT2D eigenvalue weighted by molar-refractivity contribution is 7.26. The van der Waals surface area contributed by atoms with Crippen LogP contribution < -0.4 is 0 Å². The predicted molar refractivity (Wildman–Crippen MR) is 262 cm³/mol. The zero-order valence-corrected chi connectivity index (χ0v) is 35.1. The van der Waals surface area contributed by atoms with Crippen molar-refractivity contribution < 1.29 is 0 Å². The summed E-state index contributed by atoms with van der Waals surface area (Å²) in [5, 5.41) is 3.84. The van der Waals surface area contributed by atoms with E-state index in [1.165, 1.54) is 74.1 Å². The minimum Gasteiger partial charge on any atom is -0.228 e. The standard InChI is InChI=1S/C57H38N2S2/c1-36-33-42(39-15-5-3-6-16-39)31-32-45(36)54-49-22-10-12-26-53(49)60-55(54)37(2)38-27-29-41(30-28-38)57-58-50(40-17-7-4-8-18-40)35-51(59-57)44-20-13-19-43(34-44)46-23-14-24-48-47-21-9-11-25-52(47)61-56(46)48/h3-35H,2H2,1H3. The number of rotatable bonds is 8. The second kappa shape index (κ2) is 15.4. The fraction of sp³-hybridized carbons (Fsp3) is 0.0175. The number of aryl methyl sites for hydroxylation is 1. The summed E-state index contributed by atoms with van der Waals surface area (Å²) in [5.41, 5.74) is 15.4. The third kappa shape index (κ3) is 6.76. The van der Waals surface area contributed by atoms with Crippen molar-refractivity contribution in [1.29, 1.82) is 0 Å². The number of hydrogen-bond donors (Lipinski definition) is 0. The lowest BCUT2D eigenvalue weighted by Gasteiger charge is -2.14. The molecule has 0 N–H and O–H groups in total. The summed E-state index contributed by atoms with van der Waals surface area (Å²) in [7, 11) is 0. The second-order valence-corrected chi connectivity index (χ2v) is 17.5. The summed E-state index contributed by atoms with van der Waals surface area (Å²) in [6.45, 7) is 6.94. The predicted octanol–water partition coefficient (Wildman–Crippen LogP) is 16.4. The molecule has 0 saturated carbocycles. The van der Waals surface area contributed by atoms with Gasteiger partial charge in [-0.2, -0.15) is 0 Å². The molecule has 3 aromatic heterocycles. The Morgan fingerprint density at radius 2 is 1.02 bits per heavy atom. The maximum absolute atomic E-state index is 5.26. The van der Waals surface area contributed by atoms with Crippen molar-refractivity contribution in [2.75, 3.05) is 0 Å². The van der Waals surface area contributed by atoms with Crippen LogP contribution in [-0.4, -0.2) is 9.97 Å². The fourth-order valence-electron chi connectivity index (χ4n) is 8.53. The van der Waals surface area contributed by atoms with E-state index < -0.39 is 0 Å². The molecule has 0 amide bonds. The Labute approximate surface area is 363 Å². The van der Waals surface area contributed by atoms with Crippen LogP contribution in [0.15, 0.2) is 207 Å². The zero-order valence-electron chi connectivity index (χ0n) is 33.5. The molecule has 288 valence electrons. The number of fused-ring (bicyclic) bond motifs is 4. The molecule has 0 aliphatic carbocycles. The van der Waals surface area contributed by atoms with Crippen molar-refractivity contribution in [3.05, 3.63) is 223 Å². The minimum absolute atomic E-state index is 0.683. The van der Waals surface area contributed by atoms with Crippen LogP contribution in [0, 0.1) is 6.92 Å². The lowest BCUT2D eigenvalue weighted by Crippen LogP contribution is -1.96. The van der Waals surface area contributed by atoms with Crippen LogP contribution in [0.25, 0.3) is 103 Å². The maximum atomic E-state index is 5.26. The van der Waals surface area contributed by atoms with Crippen LogP contribution in [0.4, 0.5) is 0 Å². The van der Waals surface area contributed by atoms with E-state index >= 15 is 0 Å². The summed E-state index contributed by atoms with van der Waals surface area (Å²) in [6.07, 6.45) is 0. The molecule has 0 atom stereocenters. The lowest BCUT2D eigenvalue weighted by atomic mass is 9.91. The van der Waals surface area contributed by atoms with E-state index in [4.69, 9.17) is 16.5 Å². The maximum Gasteiger partial charge on any atom is 0.160 e. The van der Waals surface area contributed by atoms with Gasteiger partial charge in [0, 0.05) is 57.4 Å². The van der Waals surface area contributed by atoms with Crippen LogP contribution in [0.5, 0.6) is 0 Å². The van der Waals surface area contributed by atoms with Gasteiger partial charge in [-0.25, -0.2) is 9.97 Å². The van der Waals surface area contributed by atoms with E-state index in [-0.39, 0.29) is 0 Å². The fourth-order valence-corrected chi connectivity index (χ4v) is 11.0. The quantitative estimate of drug-likeness (QED) is 0.153. The molecule has 0 bridgehead atoms. The normalized spacial score (nSPS) is 11.4. The van der Waals surface area contributed by atoms with Crippen molar-refractivity contribution in [3.63, 3.8) is 0 Å². The molecule has 0 fully saturated rings. The highest BCUT2D eigenvalue weighted by atomic mass is 32.1. The van der Waals surface area contributed by atoms with Crippen molar-refractivity contribution in [2.24, 2.45) is 0 Å². The lowest BCUT2D eigenvalue weighted by molar-refractivity contribution is 1.18. The summed E-state index contributed by atoms with van der Waals surface area (Å²) < 4.78 is 3.85. The second-order valence-electron chi connectivity index (χ2n) is 15.4. The molecule has 61 heavy (non-hydrogen) atoms. The van der Waals surface area contributed by atoms with Crippen LogP contribution in [-0.2, 0) is 0 Å². The van der Waals surface area contributed by atoms with Gasteiger partial charge < -0.3 is 0 Å². The molecule has 8 aromatic carbocycles. The number of thiophene rings is 2. The van der Waals surface area contributed by atoms with Crippen molar-refractivity contribution in [1.82, 2.24) is 9.97 Å². The molecule has 11 rings (SSSR count). The Hall–Kier alpha value is -7.24. The molecule has 0 aliphatic rings. The van der Waals surface area contributed by atoms with Gasteiger partial charge in [-0.1, -0.05) is 183 Å². The molecule has 0 radical (unpaired) electrons. The van der Waals surface area contributed by atoms with Crippen LogP contribution >= 0.6 is 22.7 Å². The SMILES string of the molecule is C=C(c1ccc(-c2nc(-c3ccccc3)cc(-c3cccc(-c4cccc5c4sc4ccccc45)c3)n2)cc1)c1sc2ccccc2c1-c1ccc(-c2ccccc2)cc1C. The third-order valence-electron chi connectivity index (χ3n) is 11.6. The van der Waals surface area contributed by atoms with E-state index in [1.54, 1.807) is 0 Å². The molecular weight excluding hydrogens is 777 g/mol. The minimum atomic E-state index is 0.683. The first-order valence-electron chi connectivity index (χ1n) is 20.5. The van der Waals surface area contributed by atoms with E-state index in [2.05, 4.69) is 201 Å². The molecule has 4 heteroatoms. The topological polar surface area (TPSA) is 25.8 Å². The smallest absolute Gasteiger partial charge is 0.160 e. The number of nitrogens with zero attached hydrogens (tertiary/aromatic N) is 2. The summed E-state index contributed by atoms with van der Waals surface area (Å²) in [5.74, 6) is 0.683. The van der Waals surface area contributed by atoms with Crippen LogP contribution in [0.1, 0.15) is 16.0 Å². The average Bonchev–Trinajstić information content (AvgIpc) is 3.91. The molecule has 3 heterocycles. The average molecular weight is 815 g/mol. The number of aromatic nitrogens is 2. The Balaban J connectivity index is 0.968. The van der Waals surface area contributed by atoms with Crippen LogP contribution in [0.2, 0.25) is 0 Å². The molecule has 0 aliphatic heterocycles. The monoisotopic (exact) mass is 814 g/mol. The number of hydrogen-bond acceptors (Lipinski definition) is 4. The Morgan fingerprint density at radius 1 is 0.426 bits per heavy atom. The molecule has 0 unspecified atom stereocenters. The van der Waals surface area contributed by atoms with Crippen LogP contribution in [0.3, 0.4) is 0 Å². The van der Waals surface area contributed by atoms with E-state index in [0.717, 1.165) is 39.2 Å². The van der Waals surface area contributed by atoms with Gasteiger partial charge in [0.05, 0.1) is 11.4 Å². The Kier molecular flexibility index (Phi) is 9.30. The van der Waals surface area contributed by atoms with Gasteiger partial charge in [0.1, 0.15) is 0 Å². The molecule has 2 nitrogen and oxygen atoms in total. The summed E-state index contributed by atoms with van der Waals surface area (Å²) in [6, 6.07) is 71.3. The largest absolute Gasteiger partial charge is 0.228 e. The first-order valence-corrected chi connectivity index (χ1v) is 22.1. The van der Waals surface area contributed by atoms with E-state index in [1.807, 2.05) is 28.7 Å². The highest BCUT2D eigenvalue weighted by Gasteiger charge is 2.20. The van der Waals surface area contributed by atoms with Gasteiger partial charge >= 0.3 is 0 Å². The molecular formula is C57H38N2S2. The first kappa shape index (κ1) is 36.8. The Morgan fingerprint density at radius 3 is 1.77 bits per heavy atom. The van der Waals surface area contributed by atoms with Crippen molar-refractivity contribution >= 4 is 58.5 Å². The third-order valence-corrected chi connectivity index (χ3v) is 14.1. The first-order chi connectivity index (χ1) is 30.1. The van der Waals surface area contributed by atoms with E-state index in [0.29, 0.717) is 5.82 Å². The van der Waals surface area contributed by atoms with Gasteiger partial charge in [-0.15, -0.1) is 22.7 Å². The Bertz CT molecular complexity index is 3430. The molecule has 11 aromatic rings. The van der Waals surface area contributed by atoms with Gasteiger partial charge in [-0.05, 0) is 75.7 Å². The van der Waals surface area contributed by atoms with E-state index in [9.17, 15) is 0 Å². The van der Waals surface area contributed by atoms with Gasteiger partial charge in [0.25, 0.3) is 0 Å². The van der Waals surface area contributed by atoms with Gasteiger partial charge in [0.2, 0.25) is 0 Å². The van der Waals surface area contributed by atoms with Gasteiger partial charge in [0.15, 0.2) is 5.82 Å². The van der Waals surface area contributed by atoms with Crippen molar-refractivity contribution in [3.8, 4) is 67.3 Å². The number of benzene rings is 8. The van der Waals surface area contributed by atoms with Crippen molar-refractivity contribution in [2.45, 2.75) is 6.92 Å². The molecule has 0 saturated heterocycles. The highest BCUT2D eigenvalue weighted by Crippen LogP contribution is 2.46. The zero-order chi connectivity index (χ0) is 40.9. The molecule has 0 spiro atoms. The summed E-state index contributed by atoms with van der Waals surface area (Å²) >= 11 is 3.66. The van der Waals surface area contributed by atoms with Gasteiger partial charge in [-0.3, -0.25) is 0 Å².